The highest BCUT2D eigenvalue weighted by Crippen LogP contribution is 2.30. The molecule has 1 unspecified atom stereocenters. The zero-order valence-electron chi connectivity index (χ0n) is 8.61. The van der Waals surface area contributed by atoms with Crippen molar-refractivity contribution in [3.05, 3.63) is 33.1 Å². The summed E-state index contributed by atoms with van der Waals surface area (Å²) in [5.41, 5.74) is -0.712. The molecule has 2 N–H and O–H groups in total. The van der Waals surface area contributed by atoms with Gasteiger partial charge in [0.15, 0.2) is 0 Å². The van der Waals surface area contributed by atoms with Crippen LogP contribution in [0.1, 0.15) is 6.92 Å². The minimum atomic E-state index is -1.19. The third-order valence-corrected chi connectivity index (χ3v) is 2.27. The largest absolute Gasteiger partial charge is 0.480 e. The number of rotatable bonds is 4. The number of hydrogen-bond donors (Lipinski definition) is 2. The van der Waals surface area contributed by atoms with Gasteiger partial charge in [-0.05, 0) is 13.0 Å². The fourth-order valence-electron chi connectivity index (χ4n) is 1.10. The average molecular weight is 263 g/mol. The quantitative estimate of drug-likeness (QED) is 0.641. The van der Waals surface area contributed by atoms with Gasteiger partial charge in [-0.1, -0.05) is 11.6 Å². The molecule has 1 atom stereocenters. The molecule has 0 radical (unpaired) electrons. The SMILES string of the molecule is CC(Nc1cc(Cl)c(F)cc1[N+](=O)[O-])C(=O)O. The molecule has 0 saturated carbocycles. The van der Waals surface area contributed by atoms with Crippen molar-refractivity contribution in [3.8, 4) is 0 Å². The molecule has 0 aromatic heterocycles. The van der Waals surface area contributed by atoms with E-state index in [0.717, 1.165) is 6.07 Å². The van der Waals surface area contributed by atoms with E-state index in [-0.39, 0.29) is 10.7 Å². The van der Waals surface area contributed by atoms with E-state index < -0.39 is 28.4 Å². The summed E-state index contributed by atoms with van der Waals surface area (Å²) in [6.45, 7) is 1.29. The number of anilines is 1. The van der Waals surface area contributed by atoms with Gasteiger partial charge in [-0.25, -0.2) is 4.39 Å². The van der Waals surface area contributed by atoms with Gasteiger partial charge in [0.1, 0.15) is 17.5 Å². The second-order valence-corrected chi connectivity index (χ2v) is 3.65. The lowest BCUT2D eigenvalue weighted by Crippen LogP contribution is -2.25. The van der Waals surface area contributed by atoms with E-state index in [1.807, 2.05) is 0 Å². The van der Waals surface area contributed by atoms with Crippen LogP contribution < -0.4 is 5.32 Å². The van der Waals surface area contributed by atoms with Crippen molar-refractivity contribution >= 4 is 28.9 Å². The molecule has 0 spiro atoms. The number of halogens is 2. The third-order valence-electron chi connectivity index (χ3n) is 1.98. The summed E-state index contributed by atoms with van der Waals surface area (Å²) >= 11 is 5.47. The maximum atomic E-state index is 13.0. The highest BCUT2D eigenvalue weighted by Gasteiger charge is 2.21. The first-order valence-corrected chi connectivity index (χ1v) is 4.83. The molecular formula is C9H8ClFN2O4. The summed E-state index contributed by atoms with van der Waals surface area (Å²) < 4.78 is 13.0. The molecule has 0 fully saturated rings. The number of carboxylic acids is 1. The van der Waals surface area contributed by atoms with Crippen LogP contribution >= 0.6 is 11.6 Å². The predicted octanol–water partition coefficient (Wildman–Crippen LogP) is 2.27. The van der Waals surface area contributed by atoms with Gasteiger partial charge < -0.3 is 10.4 Å². The van der Waals surface area contributed by atoms with E-state index in [9.17, 15) is 19.3 Å². The molecule has 0 aliphatic rings. The fourth-order valence-corrected chi connectivity index (χ4v) is 1.26. The van der Waals surface area contributed by atoms with Gasteiger partial charge in [-0.15, -0.1) is 0 Å². The van der Waals surface area contributed by atoms with Crippen molar-refractivity contribution in [1.29, 1.82) is 0 Å². The molecule has 0 aliphatic carbocycles. The number of carbonyl (C=O) groups is 1. The normalized spacial score (nSPS) is 11.9. The Bertz CT molecular complexity index is 480. The number of carboxylic acid groups (broad SMARTS) is 1. The lowest BCUT2D eigenvalue weighted by atomic mass is 10.2. The highest BCUT2D eigenvalue weighted by molar-refractivity contribution is 6.31. The predicted molar refractivity (Wildman–Crippen MR) is 58.8 cm³/mol. The van der Waals surface area contributed by atoms with E-state index in [2.05, 4.69) is 5.32 Å². The first kappa shape index (κ1) is 13.2. The summed E-state index contributed by atoms with van der Waals surface area (Å²) in [5, 5.41) is 21.3. The first-order chi connectivity index (χ1) is 7.82. The Morgan fingerprint density at radius 3 is 2.71 bits per heavy atom. The lowest BCUT2D eigenvalue weighted by molar-refractivity contribution is -0.384. The van der Waals surface area contributed by atoms with E-state index >= 15 is 0 Å². The molecule has 0 saturated heterocycles. The van der Waals surface area contributed by atoms with Gasteiger partial charge in [-0.2, -0.15) is 0 Å². The molecule has 1 aromatic rings. The Morgan fingerprint density at radius 2 is 2.24 bits per heavy atom. The molecule has 8 heteroatoms. The minimum absolute atomic E-state index is 0.142. The van der Waals surface area contributed by atoms with Crippen molar-refractivity contribution in [2.24, 2.45) is 0 Å². The Balaban J connectivity index is 3.17. The molecule has 0 amide bonds. The first-order valence-electron chi connectivity index (χ1n) is 4.45. The zero-order valence-corrected chi connectivity index (χ0v) is 9.36. The maximum Gasteiger partial charge on any atom is 0.325 e. The Labute approximate surface area is 100 Å². The van der Waals surface area contributed by atoms with Gasteiger partial charge >= 0.3 is 5.97 Å². The molecule has 6 nitrogen and oxygen atoms in total. The maximum absolute atomic E-state index is 13.0. The molecule has 1 aromatic carbocycles. The van der Waals surface area contributed by atoms with E-state index in [4.69, 9.17) is 16.7 Å². The molecule has 0 bridgehead atoms. The summed E-state index contributed by atoms with van der Waals surface area (Å²) in [5.74, 6) is -2.13. The van der Waals surface area contributed by atoms with Crippen molar-refractivity contribution < 1.29 is 19.2 Å². The third kappa shape index (κ3) is 3.04. The van der Waals surface area contributed by atoms with Gasteiger partial charge in [0.05, 0.1) is 16.0 Å². The molecule has 0 heterocycles. The molecule has 1 rings (SSSR count). The number of nitro benzene ring substituents is 1. The van der Waals surface area contributed by atoms with Crippen molar-refractivity contribution in [2.45, 2.75) is 13.0 Å². The Kier molecular flexibility index (Phi) is 3.84. The summed E-state index contributed by atoms with van der Waals surface area (Å²) in [7, 11) is 0. The summed E-state index contributed by atoms with van der Waals surface area (Å²) in [6, 6.07) is 0.559. The van der Waals surface area contributed by atoms with Gasteiger partial charge in [0.25, 0.3) is 5.69 Å². The number of nitro groups is 1. The van der Waals surface area contributed by atoms with E-state index in [1.165, 1.54) is 6.92 Å². The number of nitrogens with one attached hydrogen (secondary N) is 1. The summed E-state index contributed by atoms with van der Waals surface area (Å²) in [4.78, 5) is 20.4. The second-order valence-electron chi connectivity index (χ2n) is 3.24. The number of aliphatic carboxylic acids is 1. The van der Waals surface area contributed by atoms with Crippen molar-refractivity contribution in [2.75, 3.05) is 5.32 Å². The van der Waals surface area contributed by atoms with Crippen LogP contribution in [0.15, 0.2) is 12.1 Å². The van der Waals surface area contributed by atoms with Crippen LogP contribution in [0.5, 0.6) is 0 Å². The van der Waals surface area contributed by atoms with E-state index in [1.54, 1.807) is 0 Å². The molecule has 92 valence electrons. The Morgan fingerprint density at radius 1 is 1.65 bits per heavy atom. The van der Waals surface area contributed by atoms with Crippen molar-refractivity contribution in [1.82, 2.24) is 0 Å². The van der Waals surface area contributed by atoms with Crippen LogP contribution in [-0.4, -0.2) is 22.0 Å². The second kappa shape index (κ2) is 4.96. The molecular weight excluding hydrogens is 255 g/mol. The zero-order chi connectivity index (χ0) is 13.2. The number of benzene rings is 1. The van der Waals surface area contributed by atoms with Crippen LogP contribution in [0, 0.1) is 15.9 Å². The number of nitrogens with zero attached hydrogens (tertiary/aromatic N) is 1. The van der Waals surface area contributed by atoms with Crippen molar-refractivity contribution in [3.63, 3.8) is 0 Å². The van der Waals surface area contributed by atoms with E-state index in [0.29, 0.717) is 6.07 Å². The van der Waals surface area contributed by atoms with Gasteiger partial charge in [0, 0.05) is 0 Å². The van der Waals surface area contributed by atoms with Gasteiger partial charge in [0.2, 0.25) is 0 Å². The van der Waals surface area contributed by atoms with Crippen LogP contribution in [0.4, 0.5) is 15.8 Å². The lowest BCUT2D eigenvalue weighted by Gasteiger charge is -2.11. The highest BCUT2D eigenvalue weighted by atomic mass is 35.5. The fraction of sp³-hybridized carbons (Fsp3) is 0.222. The monoisotopic (exact) mass is 262 g/mol. The van der Waals surface area contributed by atoms with Crippen LogP contribution in [-0.2, 0) is 4.79 Å². The Hall–Kier alpha value is -1.89. The summed E-state index contributed by atoms with van der Waals surface area (Å²) in [6.07, 6.45) is 0. The van der Waals surface area contributed by atoms with Crippen LogP contribution in [0.3, 0.4) is 0 Å². The number of hydrogen-bond acceptors (Lipinski definition) is 4. The molecule has 0 aliphatic heterocycles. The molecule has 17 heavy (non-hydrogen) atoms. The standard InChI is InChI=1S/C9H8ClFN2O4/c1-4(9(14)15)12-7-2-5(10)6(11)3-8(7)13(16)17/h2-4,12H,1H3,(H,14,15). The van der Waals surface area contributed by atoms with Crippen LogP contribution in [0.2, 0.25) is 5.02 Å². The smallest absolute Gasteiger partial charge is 0.325 e. The van der Waals surface area contributed by atoms with Gasteiger partial charge in [-0.3, -0.25) is 14.9 Å². The average Bonchev–Trinajstić information content (AvgIpc) is 2.22. The topological polar surface area (TPSA) is 92.5 Å². The minimum Gasteiger partial charge on any atom is -0.480 e. The van der Waals surface area contributed by atoms with Crippen LogP contribution in [0.25, 0.3) is 0 Å².